The molecule has 1 atom stereocenters. The molecule has 0 fully saturated rings. The molecule has 0 aliphatic heterocycles. The highest BCUT2D eigenvalue weighted by molar-refractivity contribution is 5.26. The van der Waals surface area contributed by atoms with Crippen molar-refractivity contribution < 1.29 is 4.39 Å². The lowest BCUT2D eigenvalue weighted by atomic mass is 10.0. The standard InChI is InChI=1S/C14H18FN/c1-4-5-6-7-14(16-3)12-8-11(2)9-13(15)10-12/h8-10,14,16H,6-7H2,1-3H3. The second-order valence-electron chi connectivity index (χ2n) is 3.87. The van der Waals surface area contributed by atoms with E-state index < -0.39 is 0 Å². The van der Waals surface area contributed by atoms with Crippen molar-refractivity contribution in [3.63, 3.8) is 0 Å². The predicted molar refractivity (Wildman–Crippen MR) is 65.6 cm³/mol. The molecule has 2 heteroatoms. The Kier molecular flexibility index (Phi) is 5.01. The lowest BCUT2D eigenvalue weighted by Crippen LogP contribution is -2.16. The van der Waals surface area contributed by atoms with E-state index >= 15 is 0 Å². The van der Waals surface area contributed by atoms with Crippen molar-refractivity contribution in [1.29, 1.82) is 0 Å². The maximum atomic E-state index is 13.3. The van der Waals surface area contributed by atoms with E-state index in [9.17, 15) is 4.39 Å². The van der Waals surface area contributed by atoms with Crippen molar-refractivity contribution in [2.45, 2.75) is 32.7 Å². The largest absolute Gasteiger partial charge is 0.313 e. The minimum absolute atomic E-state index is 0.170. The van der Waals surface area contributed by atoms with Crippen LogP contribution in [0.3, 0.4) is 0 Å². The first-order valence-electron chi connectivity index (χ1n) is 5.51. The minimum atomic E-state index is -0.170. The van der Waals surface area contributed by atoms with E-state index in [0.29, 0.717) is 0 Å². The van der Waals surface area contributed by atoms with Crippen molar-refractivity contribution in [3.05, 3.63) is 35.1 Å². The van der Waals surface area contributed by atoms with Gasteiger partial charge in [0.2, 0.25) is 0 Å². The summed E-state index contributed by atoms with van der Waals surface area (Å²) in [4.78, 5) is 0. The fourth-order valence-corrected chi connectivity index (χ4v) is 1.78. The molecular formula is C14H18FN. The van der Waals surface area contributed by atoms with Gasteiger partial charge in [-0.05, 0) is 50.6 Å². The van der Waals surface area contributed by atoms with Crippen LogP contribution in [0.5, 0.6) is 0 Å². The van der Waals surface area contributed by atoms with Gasteiger partial charge in [0.15, 0.2) is 0 Å². The van der Waals surface area contributed by atoms with Gasteiger partial charge >= 0.3 is 0 Å². The summed E-state index contributed by atoms with van der Waals surface area (Å²) in [6.45, 7) is 3.74. The van der Waals surface area contributed by atoms with Gasteiger partial charge in [-0.1, -0.05) is 6.07 Å². The second-order valence-corrected chi connectivity index (χ2v) is 3.87. The Balaban J connectivity index is 2.80. The number of benzene rings is 1. The topological polar surface area (TPSA) is 12.0 Å². The number of hydrogen-bond donors (Lipinski definition) is 1. The van der Waals surface area contributed by atoms with Crippen LogP contribution in [0.2, 0.25) is 0 Å². The second kappa shape index (κ2) is 6.30. The molecule has 0 spiro atoms. The highest BCUT2D eigenvalue weighted by Gasteiger charge is 2.09. The predicted octanol–water partition coefficient (Wildman–Crippen LogP) is 3.20. The van der Waals surface area contributed by atoms with Crippen LogP contribution < -0.4 is 5.32 Å². The summed E-state index contributed by atoms with van der Waals surface area (Å²) < 4.78 is 13.3. The number of halogens is 1. The van der Waals surface area contributed by atoms with Crippen LogP contribution in [-0.2, 0) is 0 Å². The quantitative estimate of drug-likeness (QED) is 0.767. The Hall–Kier alpha value is -1.33. The van der Waals surface area contributed by atoms with Crippen molar-refractivity contribution in [3.8, 4) is 11.8 Å². The zero-order chi connectivity index (χ0) is 12.0. The van der Waals surface area contributed by atoms with Gasteiger partial charge in [-0.25, -0.2) is 4.39 Å². The number of nitrogens with one attached hydrogen (secondary N) is 1. The lowest BCUT2D eigenvalue weighted by molar-refractivity contribution is 0.549. The third-order valence-electron chi connectivity index (χ3n) is 2.55. The van der Waals surface area contributed by atoms with E-state index in [-0.39, 0.29) is 11.9 Å². The fourth-order valence-electron chi connectivity index (χ4n) is 1.78. The normalized spacial score (nSPS) is 11.8. The first-order valence-corrected chi connectivity index (χ1v) is 5.51. The van der Waals surface area contributed by atoms with Gasteiger partial charge < -0.3 is 5.32 Å². The van der Waals surface area contributed by atoms with E-state index in [1.807, 2.05) is 27.0 Å². The van der Waals surface area contributed by atoms with Crippen LogP contribution in [0.4, 0.5) is 4.39 Å². The minimum Gasteiger partial charge on any atom is -0.313 e. The monoisotopic (exact) mass is 219 g/mol. The van der Waals surface area contributed by atoms with Crippen LogP contribution in [0.25, 0.3) is 0 Å². The van der Waals surface area contributed by atoms with Crippen LogP contribution >= 0.6 is 0 Å². The molecule has 0 radical (unpaired) electrons. The number of rotatable bonds is 4. The summed E-state index contributed by atoms with van der Waals surface area (Å²) >= 11 is 0. The average molecular weight is 219 g/mol. The maximum Gasteiger partial charge on any atom is 0.123 e. The van der Waals surface area contributed by atoms with E-state index in [1.165, 1.54) is 0 Å². The highest BCUT2D eigenvalue weighted by atomic mass is 19.1. The molecule has 1 rings (SSSR count). The molecule has 0 aliphatic carbocycles. The van der Waals surface area contributed by atoms with Gasteiger partial charge in [-0.3, -0.25) is 0 Å². The molecule has 0 amide bonds. The van der Waals surface area contributed by atoms with Crippen LogP contribution in [0, 0.1) is 24.6 Å². The van der Waals surface area contributed by atoms with Crippen LogP contribution in [0.1, 0.15) is 36.9 Å². The fraction of sp³-hybridized carbons (Fsp3) is 0.429. The lowest BCUT2D eigenvalue weighted by Gasteiger charge is -2.16. The Bertz CT molecular complexity index is 381. The molecule has 1 aromatic rings. The molecule has 0 aliphatic rings. The van der Waals surface area contributed by atoms with E-state index in [2.05, 4.69) is 17.2 Å². The summed E-state index contributed by atoms with van der Waals surface area (Å²) in [5.74, 6) is 5.73. The summed E-state index contributed by atoms with van der Waals surface area (Å²) in [5, 5.41) is 3.20. The molecule has 86 valence electrons. The van der Waals surface area contributed by atoms with Crippen molar-refractivity contribution >= 4 is 0 Å². The third kappa shape index (κ3) is 3.67. The molecule has 0 saturated carbocycles. The van der Waals surface area contributed by atoms with Gasteiger partial charge in [-0.15, -0.1) is 11.8 Å². The number of aryl methyl sites for hydroxylation is 1. The van der Waals surface area contributed by atoms with Gasteiger partial charge in [0.1, 0.15) is 5.82 Å². The Morgan fingerprint density at radius 1 is 1.38 bits per heavy atom. The van der Waals surface area contributed by atoms with Crippen molar-refractivity contribution in [2.75, 3.05) is 7.05 Å². The third-order valence-corrected chi connectivity index (χ3v) is 2.55. The van der Waals surface area contributed by atoms with Gasteiger partial charge in [0.25, 0.3) is 0 Å². The Morgan fingerprint density at radius 2 is 2.12 bits per heavy atom. The molecule has 16 heavy (non-hydrogen) atoms. The molecule has 0 saturated heterocycles. The Labute approximate surface area is 97.1 Å². The summed E-state index contributed by atoms with van der Waals surface area (Å²) in [6.07, 6.45) is 1.73. The molecule has 0 bridgehead atoms. The zero-order valence-electron chi connectivity index (χ0n) is 10.1. The Morgan fingerprint density at radius 3 is 2.69 bits per heavy atom. The molecule has 1 N–H and O–H groups in total. The SMILES string of the molecule is CC#CCCC(NC)c1cc(C)cc(F)c1. The van der Waals surface area contributed by atoms with Crippen LogP contribution in [0.15, 0.2) is 18.2 Å². The first kappa shape index (κ1) is 12.7. The summed E-state index contributed by atoms with van der Waals surface area (Å²) in [6, 6.07) is 5.33. The zero-order valence-corrected chi connectivity index (χ0v) is 10.1. The molecule has 0 heterocycles. The van der Waals surface area contributed by atoms with Crippen molar-refractivity contribution in [1.82, 2.24) is 5.32 Å². The molecule has 1 nitrogen and oxygen atoms in total. The van der Waals surface area contributed by atoms with Gasteiger partial charge in [0, 0.05) is 12.5 Å². The number of hydrogen-bond acceptors (Lipinski definition) is 1. The smallest absolute Gasteiger partial charge is 0.123 e. The van der Waals surface area contributed by atoms with E-state index in [1.54, 1.807) is 12.1 Å². The average Bonchev–Trinajstić information content (AvgIpc) is 2.23. The van der Waals surface area contributed by atoms with Crippen LogP contribution in [-0.4, -0.2) is 7.05 Å². The summed E-state index contributed by atoms with van der Waals surface area (Å²) in [5.41, 5.74) is 1.95. The molecule has 1 aromatic carbocycles. The molecular weight excluding hydrogens is 201 g/mol. The summed E-state index contributed by atoms with van der Waals surface area (Å²) in [7, 11) is 1.89. The van der Waals surface area contributed by atoms with Crippen molar-refractivity contribution in [2.24, 2.45) is 0 Å². The van der Waals surface area contributed by atoms with Gasteiger partial charge in [0.05, 0.1) is 0 Å². The maximum absolute atomic E-state index is 13.3. The molecule has 0 aromatic heterocycles. The van der Waals surface area contributed by atoms with E-state index in [0.717, 1.165) is 24.0 Å². The first-order chi connectivity index (χ1) is 7.67. The highest BCUT2D eigenvalue weighted by Crippen LogP contribution is 2.20. The van der Waals surface area contributed by atoms with Gasteiger partial charge in [-0.2, -0.15) is 0 Å². The van der Waals surface area contributed by atoms with E-state index in [4.69, 9.17) is 0 Å². The molecule has 1 unspecified atom stereocenters.